The van der Waals surface area contributed by atoms with E-state index in [0.29, 0.717) is 44.7 Å². The first-order chi connectivity index (χ1) is 12.1. The Bertz CT molecular complexity index is 591. The van der Waals surface area contributed by atoms with Crippen LogP contribution in [0.15, 0.2) is 0 Å². The van der Waals surface area contributed by atoms with E-state index in [1.165, 1.54) is 4.31 Å². The van der Waals surface area contributed by atoms with Crippen molar-refractivity contribution >= 4 is 22.4 Å². The molecule has 0 N–H and O–H groups in total. The number of rotatable bonds is 5. The van der Waals surface area contributed by atoms with Gasteiger partial charge in [0.25, 0.3) is 0 Å². The average Bonchev–Trinajstić information content (AvgIpc) is 2.54. The van der Waals surface area contributed by atoms with Crippen LogP contribution in [-0.2, 0) is 19.6 Å². The lowest BCUT2D eigenvalue weighted by Gasteiger charge is -2.35. The van der Waals surface area contributed by atoms with Crippen LogP contribution in [-0.4, -0.2) is 67.0 Å². The van der Waals surface area contributed by atoms with E-state index in [1.807, 2.05) is 20.8 Å². The third-order valence-electron chi connectivity index (χ3n) is 5.16. The molecule has 0 aliphatic carbocycles. The van der Waals surface area contributed by atoms with E-state index in [9.17, 15) is 18.0 Å². The number of ether oxygens (including phenoxy) is 1. The number of carbonyl (C=O) groups excluding carboxylic acids is 2. The molecule has 0 bridgehead atoms. The standard InChI is InChI=1S/C18H32N2O5S/c1-18(2,3)25-17(22)19-11-8-15(9-12-19)6-7-16-5-4-10-20(13-14-21)26(16,23)24/h14-16H,4-13H2,1-3H3. The summed E-state index contributed by atoms with van der Waals surface area (Å²) in [5.74, 6) is 0.435. The maximum atomic E-state index is 12.5. The second-order valence-corrected chi connectivity index (χ2v) is 10.5. The molecule has 2 heterocycles. The highest BCUT2D eigenvalue weighted by Gasteiger charge is 2.36. The molecule has 7 nitrogen and oxygen atoms in total. The lowest BCUT2D eigenvalue weighted by Crippen LogP contribution is -2.45. The van der Waals surface area contributed by atoms with E-state index >= 15 is 0 Å². The summed E-state index contributed by atoms with van der Waals surface area (Å²) in [5.41, 5.74) is -0.489. The van der Waals surface area contributed by atoms with Crippen LogP contribution in [0.4, 0.5) is 4.79 Å². The van der Waals surface area contributed by atoms with Crippen molar-refractivity contribution in [3.63, 3.8) is 0 Å². The van der Waals surface area contributed by atoms with E-state index in [4.69, 9.17) is 4.74 Å². The van der Waals surface area contributed by atoms with Gasteiger partial charge < -0.3 is 14.4 Å². The maximum Gasteiger partial charge on any atom is 0.410 e. The second kappa shape index (κ2) is 8.69. The van der Waals surface area contributed by atoms with Crippen molar-refractivity contribution in [1.82, 2.24) is 9.21 Å². The van der Waals surface area contributed by atoms with Crippen molar-refractivity contribution in [3.8, 4) is 0 Å². The maximum absolute atomic E-state index is 12.5. The Balaban J connectivity index is 1.79. The molecule has 2 rings (SSSR count). The van der Waals surface area contributed by atoms with Gasteiger partial charge in [-0.05, 0) is 65.2 Å². The number of hydrogen-bond acceptors (Lipinski definition) is 5. The summed E-state index contributed by atoms with van der Waals surface area (Å²) in [7, 11) is -3.35. The molecule has 1 atom stereocenters. The van der Waals surface area contributed by atoms with Gasteiger partial charge in [0, 0.05) is 19.6 Å². The number of amides is 1. The van der Waals surface area contributed by atoms with E-state index in [1.54, 1.807) is 4.90 Å². The molecule has 2 fully saturated rings. The van der Waals surface area contributed by atoms with Crippen LogP contribution < -0.4 is 0 Å². The first-order valence-electron chi connectivity index (χ1n) is 9.54. The fourth-order valence-electron chi connectivity index (χ4n) is 3.71. The number of aldehydes is 1. The number of hydrogen-bond donors (Lipinski definition) is 0. The largest absolute Gasteiger partial charge is 0.444 e. The molecule has 0 radical (unpaired) electrons. The normalized spacial score (nSPS) is 25.0. The van der Waals surface area contributed by atoms with Crippen LogP contribution in [0, 0.1) is 5.92 Å². The molecule has 1 unspecified atom stereocenters. The zero-order valence-electron chi connectivity index (χ0n) is 16.1. The van der Waals surface area contributed by atoms with Crippen LogP contribution in [0.3, 0.4) is 0 Å². The summed E-state index contributed by atoms with van der Waals surface area (Å²) in [6.07, 6.45) is 5.12. The van der Waals surface area contributed by atoms with Crippen LogP contribution in [0.1, 0.15) is 59.3 Å². The smallest absolute Gasteiger partial charge is 0.410 e. The molecule has 2 aliphatic rings. The number of nitrogens with zero attached hydrogens (tertiary/aromatic N) is 2. The zero-order valence-corrected chi connectivity index (χ0v) is 17.0. The van der Waals surface area contributed by atoms with Gasteiger partial charge in [0.1, 0.15) is 11.9 Å². The summed E-state index contributed by atoms with van der Waals surface area (Å²) < 4.78 is 31.8. The van der Waals surface area contributed by atoms with Gasteiger partial charge in [0.15, 0.2) is 0 Å². The minimum atomic E-state index is -3.35. The van der Waals surface area contributed by atoms with Gasteiger partial charge in [0.05, 0.1) is 11.8 Å². The van der Waals surface area contributed by atoms with Gasteiger partial charge in [-0.25, -0.2) is 13.2 Å². The van der Waals surface area contributed by atoms with Gasteiger partial charge in [0.2, 0.25) is 10.0 Å². The number of likely N-dealkylation sites (tertiary alicyclic amines) is 1. The highest BCUT2D eigenvalue weighted by atomic mass is 32.2. The topological polar surface area (TPSA) is 84.0 Å². The molecule has 150 valence electrons. The molecule has 0 spiro atoms. The SMILES string of the molecule is CC(C)(C)OC(=O)N1CCC(CCC2CCCN(CC=O)S2(=O)=O)CC1. The quantitative estimate of drug-likeness (QED) is 0.675. The highest BCUT2D eigenvalue weighted by Crippen LogP contribution is 2.29. The molecular formula is C18H32N2O5S. The van der Waals surface area contributed by atoms with Gasteiger partial charge in [-0.3, -0.25) is 0 Å². The lowest BCUT2D eigenvalue weighted by molar-refractivity contribution is -0.108. The molecule has 8 heteroatoms. The Morgan fingerprint density at radius 2 is 1.77 bits per heavy atom. The van der Waals surface area contributed by atoms with Gasteiger partial charge >= 0.3 is 6.09 Å². The van der Waals surface area contributed by atoms with Crippen molar-refractivity contribution in [3.05, 3.63) is 0 Å². The molecular weight excluding hydrogens is 356 g/mol. The van der Waals surface area contributed by atoms with Crippen LogP contribution >= 0.6 is 0 Å². The van der Waals surface area contributed by atoms with Crippen molar-refractivity contribution in [2.45, 2.75) is 70.1 Å². The van der Waals surface area contributed by atoms with Crippen molar-refractivity contribution in [1.29, 1.82) is 0 Å². The number of carbonyl (C=O) groups is 2. The third kappa shape index (κ3) is 5.67. The van der Waals surface area contributed by atoms with Crippen LogP contribution in [0.25, 0.3) is 0 Å². The molecule has 0 aromatic heterocycles. The first kappa shape index (κ1) is 21.2. The Labute approximate surface area is 157 Å². The fourth-order valence-corrected chi connectivity index (χ4v) is 5.68. The minimum absolute atomic E-state index is 0.0346. The second-order valence-electron chi connectivity index (χ2n) is 8.32. The Morgan fingerprint density at radius 3 is 2.35 bits per heavy atom. The Hall–Kier alpha value is -1.15. The van der Waals surface area contributed by atoms with E-state index < -0.39 is 15.6 Å². The van der Waals surface area contributed by atoms with E-state index in [0.717, 1.165) is 25.7 Å². The molecule has 1 amide bonds. The van der Waals surface area contributed by atoms with Crippen molar-refractivity contribution in [2.24, 2.45) is 5.92 Å². The van der Waals surface area contributed by atoms with Crippen LogP contribution in [0.5, 0.6) is 0 Å². The van der Waals surface area contributed by atoms with E-state index in [-0.39, 0.29) is 17.9 Å². The molecule has 0 saturated carbocycles. The Kier molecular flexibility index (Phi) is 7.07. The van der Waals surface area contributed by atoms with Gasteiger partial charge in [-0.1, -0.05) is 0 Å². The van der Waals surface area contributed by atoms with Crippen molar-refractivity contribution < 1.29 is 22.7 Å². The Morgan fingerprint density at radius 1 is 1.12 bits per heavy atom. The van der Waals surface area contributed by atoms with E-state index in [2.05, 4.69) is 0 Å². The average molecular weight is 389 g/mol. The van der Waals surface area contributed by atoms with Crippen LogP contribution in [0.2, 0.25) is 0 Å². The molecule has 2 saturated heterocycles. The molecule has 26 heavy (non-hydrogen) atoms. The predicted octanol–water partition coefficient (Wildman–Crippen LogP) is 2.41. The lowest BCUT2D eigenvalue weighted by atomic mass is 9.91. The summed E-state index contributed by atoms with van der Waals surface area (Å²) in [5, 5.41) is -0.375. The third-order valence-corrected chi connectivity index (χ3v) is 7.52. The van der Waals surface area contributed by atoms with Gasteiger partial charge in [-0.15, -0.1) is 0 Å². The summed E-state index contributed by atoms with van der Waals surface area (Å²) in [4.78, 5) is 24.5. The number of piperidine rings is 1. The summed E-state index contributed by atoms with van der Waals surface area (Å²) >= 11 is 0. The summed E-state index contributed by atoms with van der Waals surface area (Å²) in [6.45, 7) is 7.31. The number of sulfonamides is 1. The fraction of sp³-hybridized carbons (Fsp3) is 0.889. The predicted molar refractivity (Wildman–Crippen MR) is 99.3 cm³/mol. The molecule has 0 aromatic rings. The monoisotopic (exact) mass is 388 g/mol. The minimum Gasteiger partial charge on any atom is -0.444 e. The van der Waals surface area contributed by atoms with Gasteiger partial charge in [-0.2, -0.15) is 4.31 Å². The zero-order chi connectivity index (χ0) is 19.4. The first-order valence-corrected chi connectivity index (χ1v) is 11.0. The molecule has 2 aliphatic heterocycles. The molecule has 0 aromatic carbocycles. The summed E-state index contributed by atoms with van der Waals surface area (Å²) in [6, 6.07) is 0. The highest BCUT2D eigenvalue weighted by molar-refractivity contribution is 7.89. The van der Waals surface area contributed by atoms with Crippen molar-refractivity contribution in [2.75, 3.05) is 26.2 Å².